The zero-order valence-electron chi connectivity index (χ0n) is 21.0. The van der Waals surface area contributed by atoms with Crippen LogP contribution in [0.2, 0.25) is 0 Å². The van der Waals surface area contributed by atoms with E-state index in [4.69, 9.17) is 9.47 Å². The number of hydrogen-bond acceptors (Lipinski definition) is 7. The molecule has 0 spiro atoms. The Morgan fingerprint density at radius 2 is 2.13 bits per heavy atom. The Labute approximate surface area is 219 Å². The molecule has 0 radical (unpaired) electrons. The van der Waals surface area contributed by atoms with Gasteiger partial charge in [-0.3, -0.25) is 9.20 Å². The summed E-state index contributed by atoms with van der Waals surface area (Å²) in [6.07, 6.45) is 2.37. The Bertz CT molecular complexity index is 1440. The van der Waals surface area contributed by atoms with E-state index < -0.39 is 34.1 Å². The van der Waals surface area contributed by atoms with Crippen LogP contribution in [-0.2, 0) is 14.9 Å². The van der Waals surface area contributed by atoms with Crippen LogP contribution in [0.1, 0.15) is 41.9 Å². The predicted molar refractivity (Wildman–Crippen MR) is 136 cm³/mol. The van der Waals surface area contributed by atoms with E-state index in [-0.39, 0.29) is 31.3 Å². The number of pyridine rings is 1. The van der Waals surface area contributed by atoms with Crippen molar-refractivity contribution in [3.8, 4) is 5.75 Å². The van der Waals surface area contributed by atoms with E-state index in [9.17, 15) is 22.0 Å². The maximum absolute atomic E-state index is 14.8. The lowest BCUT2D eigenvalue weighted by atomic mass is 10.0. The fourth-order valence-electron chi connectivity index (χ4n) is 4.76. The molecule has 1 aromatic carbocycles. The van der Waals surface area contributed by atoms with E-state index in [0.717, 1.165) is 4.31 Å². The molecule has 3 atom stereocenters. The van der Waals surface area contributed by atoms with Crippen molar-refractivity contribution >= 4 is 27.5 Å². The van der Waals surface area contributed by atoms with Crippen LogP contribution in [0.25, 0.3) is 5.65 Å². The lowest BCUT2D eigenvalue weighted by molar-refractivity contribution is 0.0973. The van der Waals surface area contributed by atoms with E-state index >= 15 is 0 Å². The molecule has 38 heavy (non-hydrogen) atoms. The molecule has 0 bridgehead atoms. The van der Waals surface area contributed by atoms with Crippen molar-refractivity contribution in [1.82, 2.24) is 18.4 Å². The van der Waals surface area contributed by atoms with Gasteiger partial charge in [-0.1, -0.05) is 6.92 Å². The van der Waals surface area contributed by atoms with Crippen molar-refractivity contribution in [3.05, 3.63) is 59.8 Å². The van der Waals surface area contributed by atoms with Crippen LogP contribution < -0.4 is 14.4 Å². The van der Waals surface area contributed by atoms with Gasteiger partial charge in [-0.05, 0) is 30.3 Å². The number of benzene rings is 1. The minimum absolute atomic E-state index is 0.00140. The molecule has 3 aromatic rings. The highest BCUT2D eigenvalue weighted by Crippen LogP contribution is 2.42. The molecule has 1 N–H and O–H groups in total. The molecule has 2 saturated heterocycles. The molecule has 2 aliphatic heterocycles. The van der Waals surface area contributed by atoms with E-state index in [1.165, 1.54) is 29.8 Å². The van der Waals surface area contributed by atoms with Crippen LogP contribution in [0, 0.1) is 5.82 Å². The largest absolute Gasteiger partial charge is 0.488 e. The highest BCUT2D eigenvalue weighted by atomic mass is 32.2. The maximum Gasteiger partial charge on any atom is 0.303 e. The number of anilines is 1. The molecule has 0 aliphatic carbocycles. The fraction of sp³-hybridized carbons (Fsp3) is 0.440. The minimum Gasteiger partial charge on any atom is -0.488 e. The van der Waals surface area contributed by atoms with Crippen molar-refractivity contribution < 1.29 is 31.5 Å². The Morgan fingerprint density at radius 1 is 1.32 bits per heavy atom. The van der Waals surface area contributed by atoms with Crippen LogP contribution in [0.15, 0.2) is 42.7 Å². The second-order valence-electron chi connectivity index (χ2n) is 9.40. The number of amides is 1. The molecule has 0 saturated carbocycles. The number of ether oxygens (including phenoxy) is 2. The van der Waals surface area contributed by atoms with Gasteiger partial charge < -0.3 is 14.4 Å². The van der Waals surface area contributed by atoms with Gasteiger partial charge in [0.1, 0.15) is 35.2 Å². The third-order valence-corrected chi connectivity index (χ3v) is 8.42. The number of fused-ring (bicyclic) bond motifs is 1. The van der Waals surface area contributed by atoms with Crippen LogP contribution >= 0.6 is 0 Å². The van der Waals surface area contributed by atoms with Gasteiger partial charge in [-0.15, -0.1) is 0 Å². The summed E-state index contributed by atoms with van der Waals surface area (Å²) in [5, 5.41) is 0. The summed E-state index contributed by atoms with van der Waals surface area (Å²) >= 11 is 0. The first-order valence-corrected chi connectivity index (χ1v) is 13.8. The van der Waals surface area contributed by atoms with Crippen molar-refractivity contribution in [2.45, 2.75) is 38.1 Å². The third kappa shape index (κ3) is 5.18. The highest BCUT2D eigenvalue weighted by molar-refractivity contribution is 7.87. The zero-order valence-corrected chi connectivity index (χ0v) is 21.8. The lowest BCUT2D eigenvalue weighted by Gasteiger charge is -2.29. The molecule has 13 heteroatoms. The molecule has 5 rings (SSSR count). The first-order valence-electron chi connectivity index (χ1n) is 12.4. The number of rotatable bonds is 8. The number of aromatic nitrogens is 2. The Hall–Kier alpha value is -3.29. The lowest BCUT2D eigenvalue weighted by Crippen LogP contribution is -2.41. The topological polar surface area (TPSA) is 105 Å². The molecular weight excluding hydrogens is 520 g/mol. The summed E-state index contributed by atoms with van der Waals surface area (Å²) in [6.45, 7) is 2.89. The Morgan fingerprint density at radius 3 is 2.87 bits per heavy atom. The van der Waals surface area contributed by atoms with Gasteiger partial charge in [0.15, 0.2) is 0 Å². The van der Waals surface area contributed by atoms with E-state index in [0.29, 0.717) is 42.3 Å². The van der Waals surface area contributed by atoms with Crippen molar-refractivity contribution in [3.63, 3.8) is 0 Å². The third-order valence-electron chi connectivity index (χ3n) is 6.89. The van der Waals surface area contributed by atoms with Gasteiger partial charge in [0.05, 0.1) is 31.1 Å². The van der Waals surface area contributed by atoms with Crippen molar-refractivity contribution in [2.24, 2.45) is 0 Å². The summed E-state index contributed by atoms with van der Waals surface area (Å²) < 4.78 is 69.9. The monoisotopic (exact) mass is 549 g/mol. The second-order valence-corrected chi connectivity index (χ2v) is 11.2. The molecule has 204 valence electrons. The molecule has 0 unspecified atom stereocenters. The summed E-state index contributed by atoms with van der Waals surface area (Å²) in [6, 6.07) is 7.09. The average Bonchev–Trinajstić information content (AvgIpc) is 3.63. The van der Waals surface area contributed by atoms with Gasteiger partial charge >= 0.3 is 10.2 Å². The maximum atomic E-state index is 14.8. The van der Waals surface area contributed by atoms with Crippen LogP contribution in [0.4, 0.5) is 14.5 Å². The Kier molecular flexibility index (Phi) is 7.25. The number of alkyl halides is 1. The van der Waals surface area contributed by atoms with Crippen molar-refractivity contribution in [2.75, 3.05) is 38.3 Å². The number of carbonyl (C=O) groups excluding carboxylic acids is 1. The number of nitrogens with zero attached hydrogens (tertiary/aromatic N) is 4. The summed E-state index contributed by atoms with van der Waals surface area (Å²) in [5.74, 6) is -0.838. The van der Waals surface area contributed by atoms with Gasteiger partial charge in [-0.2, -0.15) is 12.7 Å². The molecule has 2 aromatic heterocycles. The normalized spacial score (nSPS) is 21.9. The smallest absolute Gasteiger partial charge is 0.303 e. The molecule has 10 nitrogen and oxygen atoms in total. The standard InChI is InChI=1S/C25H29F2N5O5S/c1-3-30(2)38(34,35)29-25(33)22-12-28-24-7-5-18(14-32(22)24)31-13-17(27)11-21(31)20-10-16(26)4-6-23(20)37-19-8-9-36-15-19/h4-7,10,12,14,17,19,21H,3,8-9,11,13,15H2,1-2H3,(H,29,33)/t17-,19-,21+/m1/s1. The van der Waals surface area contributed by atoms with Crippen molar-refractivity contribution in [1.29, 1.82) is 0 Å². The predicted octanol–water partition coefficient (Wildman–Crippen LogP) is 2.86. The first-order chi connectivity index (χ1) is 18.2. The fourth-order valence-corrected chi connectivity index (χ4v) is 5.60. The molecule has 1 amide bonds. The quantitative estimate of drug-likeness (QED) is 0.461. The van der Waals surface area contributed by atoms with Gasteiger partial charge in [0.25, 0.3) is 5.91 Å². The first kappa shape index (κ1) is 26.3. The van der Waals surface area contributed by atoms with Gasteiger partial charge in [-0.25, -0.2) is 18.5 Å². The molecule has 2 fully saturated rings. The molecule has 4 heterocycles. The summed E-state index contributed by atoms with van der Waals surface area (Å²) in [5.41, 5.74) is 1.49. The van der Waals surface area contributed by atoms with E-state index in [1.807, 2.05) is 4.72 Å². The van der Waals surface area contributed by atoms with Gasteiger partial charge in [0.2, 0.25) is 0 Å². The number of hydrogen-bond donors (Lipinski definition) is 1. The van der Waals surface area contributed by atoms with E-state index in [1.54, 1.807) is 36.2 Å². The Balaban J connectivity index is 1.48. The summed E-state index contributed by atoms with van der Waals surface area (Å²) in [4.78, 5) is 18.8. The minimum atomic E-state index is -4.03. The van der Waals surface area contributed by atoms with Crippen LogP contribution in [0.3, 0.4) is 0 Å². The SMILES string of the molecule is CCN(C)S(=O)(=O)NC(=O)c1cnc2ccc(N3C[C@H](F)C[C@H]3c3cc(F)ccc3O[C@@H]3CCOC3)cn12. The number of carbonyl (C=O) groups is 1. The number of imidazole rings is 1. The van der Waals surface area contributed by atoms with Gasteiger partial charge in [0, 0.05) is 44.7 Å². The second kappa shape index (κ2) is 10.5. The number of nitrogens with one attached hydrogen (secondary N) is 1. The molecule has 2 aliphatic rings. The molecular formula is C25H29F2N5O5S. The highest BCUT2D eigenvalue weighted by Gasteiger charge is 2.36. The van der Waals surface area contributed by atoms with E-state index in [2.05, 4.69) is 4.98 Å². The van der Waals surface area contributed by atoms with Crippen LogP contribution in [0.5, 0.6) is 5.75 Å². The summed E-state index contributed by atoms with van der Waals surface area (Å²) in [7, 11) is -2.67. The zero-order chi connectivity index (χ0) is 27.0. The van der Waals surface area contributed by atoms with Crippen LogP contribution in [-0.4, -0.2) is 73.6 Å². The number of halogens is 2. The average molecular weight is 550 g/mol.